The highest BCUT2D eigenvalue weighted by molar-refractivity contribution is 7.84. The topological polar surface area (TPSA) is 66.4 Å². The molecular weight excluding hydrogens is 190 g/mol. The third kappa shape index (κ3) is 7.67. The molecule has 0 aliphatic rings. The molecule has 0 heterocycles. The number of hydrogen-bond donors (Lipinski definition) is 2. The van der Waals surface area contributed by atoms with Crippen LogP contribution in [0.2, 0.25) is 0 Å². The Kier molecular flexibility index (Phi) is 6.44. The van der Waals surface area contributed by atoms with Crippen LogP contribution < -0.4 is 5.32 Å². The van der Waals surface area contributed by atoms with Crippen molar-refractivity contribution in [3.05, 3.63) is 11.6 Å². The van der Waals surface area contributed by atoms with Crippen LogP contribution in [-0.4, -0.2) is 40.4 Å². The summed E-state index contributed by atoms with van der Waals surface area (Å²) in [6, 6.07) is 0. The van der Waals surface area contributed by atoms with Gasteiger partial charge in [-0.15, -0.1) is 0 Å². The second kappa shape index (κ2) is 6.80. The van der Waals surface area contributed by atoms with Gasteiger partial charge in [0.25, 0.3) is 0 Å². The second-order valence-electron chi connectivity index (χ2n) is 2.67. The molecule has 0 aliphatic heterocycles. The Morgan fingerprint density at radius 1 is 1.62 bits per heavy atom. The van der Waals surface area contributed by atoms with Crippen molar-refractivity contribution in [2.75, 3.05) is 25.1 Å². The molecule has 0 aromatic carbocycles. The maximum Gasteiger partial charge on any atom is 0.330 e. The van der Waals surface area contributed by atoms with Crippen LogP contribution in [-0.2, 0) is 15.6 Å². The number of aliphatic carboxylic acids is 1. The van der Waals surface area contributed by atoms with Crippen LogP contribution in [0.15, 0.2) is 11.6 Å². The summed E-state index contributed by atoms with van der Waals surface area (Å²) in [6.45, 7) is 2.70. The summed E-state index contributed by atoms with van der Waals surface area (Å²) in [5.74, 6) is -0.305. The average molecular weight is 205 g/mol. The van der Waals surface area contributed by atoms with E-state index in [4.69, 9.17) is 5.11 Å². The van der Waals surface area contributed by atoms with Gasteiger partial charge in [-0.1, -0.05) is 6.08 Å². The molecule has 76 valence electrons. The van der Waals surface area contributed by atoms with E-state index in [1.165, 1.54) is 0 Å². The third-order valence-electron chi connectivity index (χ3n) is 1.46. The Hall–Kier alpha value is -0.680. The van der Waals surface area contributed by atoms with Gasteiger partial charge in [0.1, 0.15) is 0 Å². The maximum absolute atomic E-state index is 10.6. The zero-order valence-electron chi connectivity index (χ0n) is 7.87. The summed E-state index contributed by atoms with van der Waals surface area (Å²) in [7, 11) is -0.788. The van der Waals surface area contributed by atoms with E-state index in [9.17, 15) is 9.00 Å². The van der Waals surface area contributed by atoms with Gasteiger partial charge in [0, 0.05) is 41.5 Å². The van der Waals surface area contributed by atoms with Crippen molar-refractivity contribution in [3.8, 4) is 0 Å². The van der Waals surface area contributed by atoms with Crippen LogP contribution >= 0.6 is 0 Å². The normalized spacial score (nSPS) is 14.2. The van der Waals surface area contributed by atoms with Gasteiger partial charge >= 0.3 is 5.97 Å². The molecule has 0 bridgehead atoms. The Bertz CT molecular complexity index is 225. The van der Waals surface area contributed by atoms with Gasteiger partial charge in [0.05, 0.1) is 0 Å². The lowest BCUT2D eigenvalue weighted by molar-refractivity contribution is -0.132. The highest BCUT2D eigenvalue weighted by atomic mass is 32.2. The SMILES string of the molecule is CC(=CCNCCS(C)=O)C(=O)O. The van der Waals surface area contributed by atoms with Crippen molar-refractivity contribution in [3.63, 3.8) is 0 Å². The third-order valence-corrected chi connectivity index (χ3v) is 2.24. The van der Waals surface area contributed by atoms with Gasteiger partial charge in [0.2, 0.25) is 0 Å². The quantitative estimate of drug-likeness (QED) is 0.472. The number of carboxylic acid groups (broad SMARTS) is 1. The van der Waals surface area contributed by atoms with E-state index in [1.54, 1.807) is 19.3 Å². The molecule has 0 radical (unpaired) electrons. The smallest absolute Gasteiger partial charge is 0.330 e. The summed E-state index contributed by atoms with van der Waals surface area (Å²) in [4.78, 5) is 10.3. The van der Waals surface area contributed by atoms with Gasteiger partial charge in [-0.05, 0) is 6.92 Å². The van der Waals surface area contributed by atoms with Crippen LogP contribution in [0.1, 0.15) is 6.92 Å². The summed E-state index contributed by atoms with van der Waals surface area (Å²) >= 11 is 0. The highest BCUT2D eigenvalue weighted by Gasteiger charge is 1.97. The molecule has 4 nitrogen and oxygen atoms in total. The van der Waals surface area contributed by atoms with E-state index in [0.717, 1.165) is 0 Å². The molecule has 0 aromatic heterocycles. The summed E-state index contributed by atoms with van der Waals surface area (Å²) in [6.07, 6.45) is 3.24. The molecule has 0 saturated carbocycles. The first-order valence-corrected chi connectivity index (χ1v) is 5.67. The lowest BCUT2D eigenvalue weighted by Gasteiger charge is -1.99. The minimum Gasteiger partial charge on any atom is -0.478 e. The van der Waals surface area contributed by atoms with Gasteiger partial charge in [-0.2, -0.15) is 0 Å². The first-order valence-electron chi connectivity index (χ1n) is 3.95. The minimum absolute atomic E-state index is 0.324. The Morgan fingerprint density at radius 3 is 2.69 bits per heavy atom. The van der Waals surface area contributed by atoms with Gasteiger partial charge in [-0.3, -0.25) is 4.21 Å². The zero-order valence-corrected chi connectivity index (χ0v) is 8.69. The van der Waals surface area contributed by atoms with E-state index in [-0.39, 0.29) is 0 Å². The Morgan fingerprint density at radius 2 is 2.23 bits per heavy atom. The van der Waals surface area contributed by atoms with Gasteiger partial charge in [-0.25, -0.2) is 4.79 Å². The molecule has 0 rings (SSSR count). The molecule has 0 spiro atoms. The molecule has 1 atom stereocenters. The molecular formula is C8H15NO3S. The number of hydrogen-bond acceptors (Lipinski definition) is 3. The molecule has 0 aromatic rings. The van der Waals surface area contributed by atoms with Crippen LogP contribution in [0, 0.1) is 0 Å². The number of nitrogens with one attached hydrogen (secondary N) is 1. The van der Waals surface area contributed by atoms with Crippen LogP contribution in [0.25, 0.3) is 0 Å². The standard InChI is InChI=1S/C8H15NO3S/c1-7(8(10)11)3-4-9-5-6-13(2)12/h3,9H,4-6H2,1-2H3,(H,10,11). The number of rotatable bonds is 6. The van der Waals surface area contributed by atoms with Crippen LogP contribution in [0.3, 0.4) is 0 Å². The minimum atomic E-state index is -0.902. The monoisotopic (exact) mass is 205 g/mol. The lowest BCUT2D eigenvalue weighted by atomic mass is 10.3. The predicted molar refractivity (Wildman–Crippen MR) is 53.2 cm³/mol. The first-order chi connectivity index (χ1) is 6.04. The lowest BCUT2D eigenvalue weighted by Crippen LogP contribution is -2.20. The van der Waals surface area contributed by atoms with E-state index in [0.29, 0.717) is 24.4 Å². The van der Waals surface area contributed by atoms with Crippen LogP contribution in [0.4, 0.5) is 0 Å². The van der Waals surface area contributed by atoms with Crippen molar-refractivity contribution in [1.29, 1.82) is 0 Å². The van der Waals surface area contributed by atoms with E-state index >= 15 is 0 Å². The van der Waals surface area contributed by atoms with Crippen molar-refractivity contribution >= 4 is 16.8 Å². The molecule has 0 saturated heterocycles. The van der Waals surface area contributed by atoms with Crippen molar-refractivity contribution in [2.24, 2.45) is 0 Å². The zero-order chi connectivity index (χ0) is 10.3. The fourth-order valence-corrected chi connectivity index (χ4v) is 1.06. The van der Waals surface area contributed by atoms with Crippen LogP contribution in [0.5, 0.6) is 0 Å². The van der Waals surface area contributed by atoms with Gasteiger partial charge in [0.15, 0.2) is 0 Å². The largest absolute Gasteiger partial charge is 0.478 e. The summed E-state index contributed by atoms with van der Waals surface area (Å²) in [5, 5.41) is 11.5. The maximum atomic E-state index is 10.6. The molecule has 0 aliphatic carbocycles. The van der Waals surface area contributed by atoms with Crippen molar-refractivity contribution in [1.82, 2.24) is 5.32 Å². The molecule has 2 N–H and O–H groups in total. The summed E-state index contributed by atoms with van der Waals surface area (Å²) < 4.78 is 10.6. The fourth-order valence-electron chi connectivity index (χ4n) is 0.631. The van der Waals surface area contributed by atoms with E-state index in [1.807, 2.05) is 0 Å². The second-order valence-corrected chi connectivity index (χ2v) is 4.23. The highest BCUT2D eigenvalue weighted by Crippen LogP contribution is 1.89. The molecule has 0 amide bonds. The first kappa shape index (κ1) is 12.3. The Labute approximate surface area is 80.5 Å². The van der Waals surface area contributed by atoms with E-state index in [2.05, 4.69) is 5.32 Å². The van der Waals surface area contributed by atoms with E-state index < -0.39 is 16.8 Å². The van der Waals surface area contributed by atoms with Crippen molar-refractivity contribution in [2.45, 2.75) is 6.92 Å². The van der Waals surface area contributed by atoms with Gasteiger partial charge < -0.3 is 10.4 Å². The number of carbonyl (C=O) groups is 1. The average Bonchev–Trinajstić information content (AvgIpc) is 2.02. The molecule has 0 fully saturated rings. The predicted octanol–water partition coefficient (Wildman–Crippen LogP) is -0.0146. The Balaban J connectivity index is 3.50. The van der Waals surface area contributed by atoms with Crippen molar-refractivity contribution < 1.29 is 14.1 Å². The molecule has 1 unspecified atom stereocenters. The fraction of sp³-hybridized carbons (Fsp3) is 0.625. The molecule has 5 heteroatoms. The number of carboxylic acids is 1. The summed E-state index contributed by atoms with van der Waals surface area (Å²) in [5.41, 5.74) is 0.324. The molecule has 13 heavy (non-hydrogen) atoms.